The maximum atomic E-state index is 11.7. The summed E-state index contributed by atoms with van der Waals surface area (Å²) < 4.78 is 10.2. The fourth-order valence-electron chi connectivity index (χ4n) is 1.16. The zero-order valence-corrected chi connectivity index (χ0v) is 15.5. The smallest absolute Gasteiger partial charge is 0.460 e. The number of rotatable bonds is 6. The van der Waals surface area contributed by atoms with E-state index in [0.29, 0.717) is 0 Å². The van der Waals surface area contributed by atoms with Crippen LogP contribution in [0, 0.1) is 0 Å². The molecular formula is C13H26BIO5. The number of carbonyl (C=O) groups excluding carboxylic acids is 1. The lowest BCUT2D eigenvalue weighted by Gasteiger charge is -2.39. The normalized spacial score (nSPS) is 14.9. The highest BCUT2D eigenvalue weighted by atomic mass is 127. The van der Waals surface area contributed by atoms with Crippen LogP contribution in [0.4, 0.5) is 0 Å². The maximum Gasteiger partial charge on any atom is 0.468 e. The van der Waals surface area contributed by atoms with Gasteiger partial charge in [0.25, 0.3) is 0 Å². The van der Waals surface area contributed by atoms with Crippen LogP contribution in [-0.4, -0.2) is 43.8 Å². The predicted molar refractivity (Wildman–Crippen MR) is 87.7 cm³/mol. The molecule has 0 saturated carbocycles. The molecular weight excluding hydrogens is 374 g/mol. The van der Waals surface area contributed by atoms with Crippen molar-refractivity contribution in [3.8, 4) is 0 Å². The topological polar surface area (TPSA) is 76.0 Å². The van der Waals surface area contributed by atoms with Crippen molar-refractivity contribution in [2.24, 2.45) is 0 Å². The molecule has 0 aliphatic heterocycles. The van der Waals surface area contributed by atoms with E-state index < -0.39 is 27.7 Å². The Morgan fingerprint density at radius 1 is 1.20 bits per heavy atom. The van der Waals surface area contributed by atoms with E-state index in [1.807, 2.05) is 22.6 Å². The Kier molecular flexibility index (Phi) is 6.99. The number of halogens is 1. The molecule has 1 atom stereocenters. The lowest BCUT2D eigenvalue weighted by Crippen LogP contribution is -2.52. The molecule has 0 rings (SSSR count). The highest BCUT2D eigenvalue weighted by molar-refractivity contribution is 14.1. The maximum absolute atomic E-state index is 11.7. The monoisotopic (exact) mass is 400 g/mol. The third-order valence-electron chi connectivity index (χ3n) is 2.98. The van der Waals surface area contributed by atoms with E-state index in [0.717, 1.165) is 0 Å². The summed E-state index contributed by atoms with van der Waals surface area (Å²) >= 11 is 1.95. The van der Waals surface area contributed by atoms with Crippen molar-refractivity contribution in [1.29, 1.82) is 0 Å². The number of esters is 1. The first-order valence-electron chi connectivity index (χ1n) is 6.60. The van der Waals surface area contributed by atoms with Gasteiger partial charge in [-0.25, -0.2) is 0 Å². The summed E-state index contributed by atoms with van der Waals surface area (Å²) in [5, 5.41) is 20.0. The fourth-order valence-corrected chi connectivity index (χ4v) is 1.67. The van der Waals surface area contributed by atoms with Gasteiger partial charge in [-0.3, -0.25) is 4.79 Å². The van der Waals surface area contributed by atoms with Crippen LogP contribution in [-0.2, 0) is 14.2 Å². The average molecular weight is 400 g/mol. The molecule has 0 spiro atoms. The van der Waals surface area contributed by atoms with Crippen LogP contribution in [0.15, 0.2) is 0 Å². The van der Waals surface area contributed by atoms with Gasteiger partial charge in [-0.2, -0.15) is 0 Å². The van der Waals surface area contributed by atoms with Crippen molar-refractivity contribution in [2.75, 3.05) is 0 Å². The zero-order valence-electron chi connectivity index (χ0n) is 13.4. The highest BCUT2D eigenvalue weighted by Crippen LogP contribution is 2.27. The molecule has 1 unspecified atom stereocenters. The minimum atomic E-state index is -1.16. The first-order chi connectivity index (χ1) is 8.66. The molecule has 0 aliphatic rings. The van der Waals surface area contributed by atoms with Crippen LogP contribution in [0.1, 0.15) is 54.9 Å². The second-order valence-electron chi connectivity index (χ2n) is 6.88. The Balaban J connectivity index is 4.50. The van der Waals surface area contributed by atoms with Gasteiger partial charge in [0.05, 0.1) is 21.4 Å². The van der Waals surface area contributed by atoms with Gasteiger partial charge in [-0.15, -0.1) is 0 Å². The molecule has 0 aromatic rings. The molecule has 0 aromatic carbocycles. The molecule has 0 aromatic heterocycles. The van der Waals surface area contributed by atoms with Crippen LogP contribution in [0.25, 0.3) is 0 Å². The van der Waals surface area contributed by atoms with E-state index in [2.05, 4.69) is 0 Å². The number of aliphatic hydroxyl groups is 1. The minimum Gasteiger partial charge on any atom is -0.460 e. The molecule has 0 amide bonds. The quantitative estimate of drug-likeness (QED) is 0.309. The van der Waals surface area contributed by atoms with Crippen molar-refractivity contribution in [1.82, 2.24) is 0 Å². The summed E-state index contributed by atoms with van der Waals surface area (Å²) in [6.07, 6.45) is 0.0426. The summed E-state index contributed by atoms with van der Waals surface area (Å²) in [4.78, 5) is 11.7. The standard InChI is InChI=1S/C13H26BIO5/c1-11(2,3)19-10(16)8-9(15)14(18)20-13(6,7)12(4,5)17/h9,17-18H,8H2,1-7H3. The van der Waals surface area contributed by atoms with Gasteiger partial charge in [-0.1, -0.05) is 22.6 Å². The molecule has 20 heavy (non-hydrogen) atoms. The number of ether oxygens (including phenoxy) is 1. The number of carbonyl (C=O) groups is 1. The summed E-state index contributed by atoms with van der Waals surface area (Å²) in [5.74, 6) is -0.388. The predicted octanol–water partition coefficient (Wildman–Crippen LogP) is 2.11. The minimum absolute atomic E-state index is 0.0426. The van der Waals surface area contributed by atoms with Crippen molar-refractivity contribution < 1.29 is 24.3 Å². The number of hydrogen-bond acceptors (Lipinski definition) is 5. The fraction of sp³-hybridized carbons (Fsp3) is 0.923. The molecule has 5 nitrogen and oxygen atoms in total. The summed E-state index contributed by atoms with van der Waals surface area (Å²) in [6, 6.07) is 0. The lowest BCUT2D eigenvalue weighted by molar-refractivity contribution is -0.154. The third-order valence-corrected chi connectivity index (χ3v) is 4.04. The molecule has 0 fully saturated rings. The average Bonchev–Trinajstić information content (AvgIpc) is 2.11. The van der Waals surface area contributed by atoms with Crippen molar-refractivity contribution in [3.63, 3.8) is 0 Å². The van der Waals surface area contributed by atoms with Gasteiger partial charge < -0.3 is 19.5 Å². The van der Waals surface area contributed by atoms with Gasteiger partial charge in [0.2, 0.25) is 0 Å². The molecule has 2 N–H and O–H groups in total. The van der Waals surface area contributed by atoms with E-state index in [4.69, 9.17) is 9.39 Å². The Hall–Kier alpha value is 0.145. The molecule has 0 bridgehead atoms. The first-order valence-corrected chi connectivity index (χ1v) is 7.84. The SMILES string of the molecule is CC(C)(C)OC(=O)CC(I)B(O)OC(C)(C)C(C)(C)O. The summed E-state index contributed by atoms with van der Waals surface area (Å²) in [6.45, 7) is 12.0. The Morgan fingerprint density at radius 2 is 1.65 bits per heavy atom. The van der Waals surface area contributed by atoms with Crippen molar-refractivity contribution in [3.05, 3.63) is 0 Å². The van der Waals surface area contributed by atoms with Gasteiger partial charge in [0, 0.05) is 0 Å². The zero-order chi connectivity index (χ0) is 16.4. The molecule has 7 heteroatoms. The van der Waals surface area contributed by atoms with E-state index in [-0.39, 0.29) is 12.4 Å². The summed E-state index contributed by atoms with van der Waals surface area (Å²) in [7, 11) is -1.16. The van der Waals surface area contributed by atoms with Gasteiger partial charge in [-0.05, 0) is 48.5 Å². The molecule has 0 radical (unpaired) electrons. The van der Waals surface area contributed by atoms with E-state index >= 15 is 0 Å². The first kappa shape index (κ1) is 20.1. The number of alkyl halides is 1. The van der Waals surface area contributed by atoms with Crippen LogP contribution in [0.3, 0.4) is 0 Å². The second-order valence-corrected chi connectivity index (χ2v) is 8.48. The second kappa shape index (κ2) is 6.94. The third kappa shape index (κ3) is 7.24. The van der Waals surface area contributed by atoms with Crippen molar-refractivity contribution >= 4 is 35.7 Å². The molecule has 0 saturated heterocycles. The Morgan fingerprint density at radius 3 is 2.00 bits per heavy atom. The summed E-state index contributed by atoms with van der Waals surface area (Å²) in [5.41, 5.74) is -2.61. The van der Waals surface area contributed by atoms with Crippen LogP contribution in [0.5, 0.6) is 0 Å². The molecule has 0 aliphatic carbocycles. The Labute approximate surface area is 135 Å². The van der Waals surface area contributed by atoms with E-state index in [9.17, 15) is 14.9 Å². The van der Waals surface area contributed by atoms with Crippen LogP contribution in [0.2, 0.25) is 0 Å². The van der Waals surface area contributed by atoms with Gasteiger partial charge in [0.15, 0.2) is 0 Å². The van der Waals surface area contributed by atoms with Crippen LogP contribution < -0.4 is 0 Å². The lowest BCUT2D eigenvalue weighted by atomic mass is 9.79. The largest absolute Gasteiger partial charge is 0.468 e. The van der Waals surface area contributed by atoms with Gasteiger partial charge >= 0.3 is 13.1 Å². The van der Waals surface area contributed by atoms with E-state index in [1.54, 1.807) is 48.5 Å². The molecule has 0 heterocycles. The number of hydrogen-bond donors (Lipinski definition) is 2. The molecule has 118 valence electrons. The van der Waals surface area contributed by atoms with Gasteiger partial charge in [0.1, 0.15) is 5.60 Å². The van der Waals surface area contributed by atoms with Crippen molar-refractivity contribution in [2.45, 2.75) is 75.5 Å². The Bertz CT molecular complexity index is 333. The highest BCUT2D eigenvalue weighted by Gasteiger charge is 2.41. The van der Waals surface area contributed by atoms with E-state index in [1.165, 1.54) is 0 Å². The van der Waals surface area contributed by atoms with Crippen LogP contribution >= 0.6 is 22.6 Å².